The number of aromatic amines is 1. The van der Waals surface area contributed by atoms with E-state index >= 15 is 9.59 Å². The molecule has 0 spiro atoms. The van der Waals surface area contributed by atoms with Crippen LogP contribution in [0.4, 0.5) is 0 Å². The molecule has 0 aliphatic carbocycles. The number of likely N-dealkylation sites (N-methyl/N-ethyl adjacent to an activating group) is 1. The Morgan fingerprint density at radius 2 is 1.57 bits per heavy atom. The molecule has 1 aromatic heterocycles. The number of phenols is 1. The summed E-state index contributed by atoms with van der Waals surface area (Å²) in [6, 6.07) is -5.34. The molecule has 388 valence electrons. The fraction of sp³-hybridized carbons (Fsp3) is 0.609. The number of hydrogen-bond donors (Lipinski definition) is 12. The van der Waals surface area contributed by atoms with Crippen LogP contribution in [0.15, 0.2) is 41.8 Å². The van der Waals surface area contributed by atoms with Crippen molar-refractivity contribution in [2.75, 3.05) is 26.7 Å². The first-order valence-corrected chi connectivity index (χ1v) is 23.6. The minimum Gasteiger partial charge on any atom is -0.508 e. The van der Waals surface area contributed by atoms with E-state index in [1.807, 2.05) is 0 Å². The number of guanidine groups is 1. The van der Waals surface area contributed by atoms with Crippen molar-refractivity contribution < 1.29 is 48.6 Å². The second-order valence-electron chi connectivity index (χ2n) is 18.4. The average Bonchev–Trinajstić information content (AvgIpc) is 4.02. The number of primary amides is 1. The molecule has 2 aromatic rings. The van der Waals surface area contributed by atoms with E-state index in [9.17, 15) is 39.0 Å². The Bertz CT molecular complexity index is 2120. The number of carbonyl (C=O) groups is 8. The lowest BCUT2D eigenvalue weighted by molar-refractivity contribution is -0.155. The molecule has 1 unspecified atom stereocenters. The molecule has 7 amide bonds. The number of nitrogens with two attached hydrogens (primary N) is 4. The molecule has 2 heterocycles. The maximum absolute atomic E-state index is 15.7. The molecule has 1 fully saturated rings. The summed E-state index contributed by atoms with van der Waals surface area (Å²) >= 11 is 0. The van der Waals surface area contributed by atoms with Crippen LogP contribution in [0.1, 0.15) is 84.9 Å². The van der Waals surface area contributed by atoms with E-state index in [2.05, 4.69) is 41.5 Å². The van der Waals surface area contributed by atoms with Crippen LogP contribution in [0.2, 0.25) is 0 Å². The number of aromatic nitrogens is 2. The van der Waals surface area contributed by atoms with Crippen molar-refractivity contribution in [1.82, 2.24) is 46.4 Å². The number of aromatic hydroxyl groups is 1. The van der Waals surface area contributed by atoms with Gasteiger partial charge >= 0.3 is 5.97 Å². The van der Waals surface area contributed by atoms with Crippen molar-refractivity contribution in [2.24, 2.45) is 45.7 Å². The van der Waals surface area contributed by atoms with Crippen LogP contribution >= 0.6 is 0 Å². The number of hydrogen-bond acceptors (Lipinski definition) is 13. The number of nitrogens with one attached hydrogen (secondary N) is 6. The summed E-state index contributed by atoms with van der Waals surface area (Å²) in [6.45, 7) is 10.2. The third-order valence-corrected chi connectivity index (χ3v) is 12.4. The number of carbonyl (C=O) groups excluding carboxylic acids is 7. The highest BCUT2D eigenvalue weighted by Gasteiger charge is 2.48. The number of imidazole rings is 1. The molecule has 1 aliphatic rings. The first-order chi connectivity index (χ1) is 33.0. The van der Waals surface area contributed by atoms with E-state index in [-0.39, 0.29) is 63.4 Å². The van der Waals surface area contributed by atoms with Crippen molar-refractivity contribution in [3.8, 4) is 5.75 Å². The molecule has 1 aromatic carbocycles. The topological polar surface area (TPSA) is 389 Å². The van der Waals surface area contributed by atoms with Crippen LogP contribution in [0, 0.1) is 17.8 Å². The lowest BCUT2D eigenvalue weighted by Gasteiger charge is -2.43. The number of H-pyrrole nitrogens is 1. The summed E-state index contributed by atoms with van der Waals surface area (Å²) in [5, 5.41) is 33.6. The predicted molar refractivity (Wildman–Crippen MR) is 259 cm³/mol. The molecule has 0 radical (unpaired) electrons. The second-order valence-corrected chi connectivity index (χ2v) is 18.4. The zero-order chi connectivity index (χ0) is 52.4. The molecule has 70 heavy (non-hydrogen) atoms. The highest BCUT2D eigenvalue weighted by molar-refractivity contribution is 5.99. The lowest BCUT2D eigenvalue weighted by atomic mass is 9.91. The zero-order valence-electron chi connectivity index (χ0n) is 41.1. The smallest absolute Gasteiger partial charge is 0.326 e. The summed E-state index contributed by atoms with van der Waals surface area (Å²) in [4.78, 5) is 126. The quantitative estimate of drug-likeness (QED) is 0.0248. The van der Waals surface area contributed by atoms with Gasteiger partial charge in [-0.25, -0.2) is 9.78 Å². The Morgan fingerprint density at radius 3 is 2.11 bits per heavy atom. The van der Waals surface area contributed by atoms with Crippen molar-refractivity contribution in [3.05, 3.63) is 48.0 Å². The highest BCUT2D eigenvalue weighted by Crippen LogP contribution is 2.26. The van der Waals surface area contributed by atoms with Gasteiger partial charge in [0.1, 0.15) is 48.0 Å². The first-order valence-electron chi connectivity index (χ1n) is 23.6. The van der Waals surface area contributed by atoms with E-state index in [0.717, 1.165) is 4.90 Å². The first kappa shape index (κ1) is 57.5. The Balaban J connectivity index is 2.22. The Morgan fingerprint density at radius 1 is 0.900 bits per heavy atom. The highest BCUT2D eigenvalue weighted by atomic mass is 16.4. The molecule has 3 rings (SSSR count). The van der Waals surface area contributed by atoms with Crippen LogP contribution in [-0.4, -0.2) is 158 Å². The minimum absolute atomic E-state index is 0.0189. The normalized spacial score (nSPS) is 16.9. The molecule has 1 saturated heterocycles. The number of benzene rings is 1. The molecule has 24 heteroatoms. The molecule has 24 nitrogen and oxygen atoms in total. The molecule has 0 saturated carbocycles. The third kappa shape index (κ3) is 16.4. The Hall–Kier alpha value is -6.82. The van der Waals surface area contributed by atoms with E-state index in [4.69, 9.17) is 22.9 Å². The molecular formula is C46H74N14O10. The van der Waals surface area contributed by atoms with Gasteiger partial charge in [0.2, 0.25) is 41.4 Å². The summed E-state index contributed by atoms with van der Waals surface area (Å²) in [6.07, 6.45) is 3.41. The SMILES string of the molecule is CC[C@H](C)[C@H](NC(=O)[C@@H]1CCCN1C(=O)[C@H](Cc1cnc[nH]1)N(C(=O)[C@H](Cc1ccc(O)cc1)NC(=O)[C@@H](NC(=O)[C@H](CCCN=C(N)N)NC(=O)CNC)C(C)C)C(C(N)=O)[C@@H](N)C(C)C)C(=O)O. The number of nitrogens with zero attached hydrogens (tertiary/aromatic N) is 4. The zero-order valence-corrected chi connectivity index (χ0v) is 41.1. The molecule has 9 atom stereocenters. The average molecular weight is 983 g/mol. The fourth-order valence-electron chi connectivity index (χ4n) is 8.17. The van der Waals surface area contributed by atoms with Crippen molar-refractivity contribution in [3.63, 3.8) is 0 Å². The Kier molecular flexibility index (Phi) is 22.5. The van der Waals surface area contributed by atoms with Crippen LogP contribution in [-0.2, 0) is 51.2 Å². The maximum Gasteiger partial charge on any atom is 0.326 e. The van der Waals surface area contributed by atoms with Gasteiger partial charge in [-0.05, 0) is 68.2 Å². The maximum atomic E-state index is 15.7. The second kappa shape index (κ2) is 27.4. The number of amides is 7. The largest absolute Gasteiger partial charge is 0.508 e. The summed E-state index contributed by atoms with van der Waals surface area (Å²) in [7, 11) is 1.55. The van der Waals surface area contributed by atoms with Gasteiger partial charge in [-0.15, -0.1) is 0 Å². The van der Waals surface area contributed by atoms with Crippen LogP contribution in [0.3, 0.4) is 0 Å². The Labute approximate surface area is 408 Å². The van der Waals surface area contributed by atoms with E-state index in [1.165, 1.54) is 41.7 Å². The predicted octanol–water partition coefficient (Wildman–Crippen LogP) is -2.08. The van der Waals surface area contributed by atoms with Gasteiger partial charge in [-0.3, -0.25) is 38.6 Å². The van der Waals surface area contributed by atoms with Crippen LogP contribution < -0.4 is 49.5 Å². The van der Waals surface area contributed by atoms with Crippen molar-refractivity contribution in [2.45, 2.75) is 135 Å². The van der Waals surface area contributed by atoms with E-state index < -0.39 is 113 Å². The van der Waals surface area contributed by atoms with Gasteiger partial charge in [0.05, 0.1) is 12.9 Å². The number of phenolic OH excluding ortho intramolecular Hbond substituents is 1. The van der Waals surface area contributed by atoms with Gasteiger partial charge in [0.15, 0.2) is 5.96 Å². The van der Waals surface area contributed by atoms with Gasteiger partial charge in [0, 0.05) is 43.9 Å². The summed E-state index contributed by atoms with van der Waals surface area (Å²) < 4.78 is 0. The van der Waals surface area contributed by atoms with Gasteiger partial charge in [0.25, 0.3) is 0 Å². The monoisotopic (exact) mass is 983 g/mol. The number of aliphatic imine (C=N–C) groups is 1. The molecular weight excluding hydrogens is 909 g/mol. The number of likely N-dealkylation sites (tertiary alicyclic amines) is 1. The van der Waals surface area contributed by atoms with Gasteiger partial charge in [-0.2, -0.15) is 0 Å². The van der Waals surface area contributed by atoms with Gasteiger partial charge in [-0.1, -0.05) is 60.1 Å². The summed E-state index contributed by atoms with van der Waals surface area (Å²) in [5.74, 6) is -8.81. The minimum atomic E-state index is -1.71. The van der Waals surface area contributed by atoms with Crippen LogP contribution in [0.25, 0.3) is 0 Å². The number of carboxylic acid groups (broad SMARTS) is 1. The van der Waals surface area contributed by atoms with E-state index in [1.54, 1.807) is 48.6 Å². The van der Waals surface area contributed by atoms with Crippen molar-refractivity contribution >= 4 is 53.3 Å². The number of carboxylic acids is 1. The lowest BCUT2D eigenvalue weighted by Crippen LogP contribution is -2.68. The van der Waals surface area contributed by atoms with Gasteiger partial charge < -0.3 is 74.5 Å². The van der Waals surface area contributed by atoms with Crippen molar-refractivity contribution in [1.29, 1.82) is 0 Å². The molecule has 16 N–H and O–H groups in total. The number of aliphatic carboxylic acids is 1. The summed E-state index contributed by atoms with van der Waals surface area (Å²) in [5.41, 5.74) is 24.6. The fourth-order valence-corrected chi connectivity index (χ4v) is 8.17. The number of rotatable bonds is 28. The van der Waals surface area contributed by atoms with Crippen LogP contribution in [0.5, 0.6) is 5.75 Å². The molecule has 1 aliphatic heterocycles. The molecule has 0 bridgehead atoms. The van der Waals surface area contributed by atoms with E-state index in [0.29, 0.717) is 24.1 Å². The standard InChI is InChI=1S/C46H74N14O10/c1-8-26(6)37(45(69)70)58-41(65)32-12-10-18-59(32)44(68)33(20-28-21-52-23-54-28)60(38(39(48)63)35(47)24(2)3)43(67)31(19-27-13-15-29(61)16-14-27)56-42(66)36(25(4)5)57-40(64)30(55-34(62)22-51-7)11-9-17-53-46(49)50/h13-16,21,23-26,30-33,35-38,51,61H,8-12,17-20,22,47H2,1-7H3,(H2,48,63)(H,52,54)(H,55,62)(H,56,66)(H,57,64)(H,58,65)(H,69,70)(H4,49,50,53)/t26-,30-,31-,32-,33-,35-,36-,37-,38?/m0/s1. The third-order valence-electron chi connectivity index (χ3n) is 12.4.